The Balaban J connectivity index is 2.25. The van der Waals surface area contributed by atoms with Crippen LogP contribution >= 0.6 is 11.6 Å². The topological polar surface area (TPSA) is 38.9 Å². The highest BCUT2D eigenvalue weighted by Crippen LogP contribution is 2.36. The molecule has 3 heteroatoms. The number of hydrogen-bond acceptors (Lipinski definition) is 2. The molecule has 1 aromatic rings. The van der Waals surface area contributed by atoms with Gasteiger partial charge in [-0.3, -0.25) is 4.98 Å². The number of nitrogens with zero attached hydrogens (tertiary/aromatic N) is 1. The van der Waals surface area contributed by atoms with Crippen molar-refractivity contribution >= 4 is 11.6 Å². The van der Waals surface area contributed by atoms with Gasteiger partial charge in [0.25, 0.3) is 0 Å². The number of rotatable bonds is 2. The van der Waals surface area contributed by atoms with Crippen LogP contribution in [0.25, 0.3) is 0 Å². The maximum Gasteiger partial charge on any atom is 0.0627 e. The molecule has 0 atom stereocenters. The molecule has 1 heterocycles. The molecule has 0 spiro atoms. The molecule has 14 heavy (non-hydrogen) atoms. The lowest BCUT2D eigenvalue weighted by Gasteiger charge is -2.10. The van der Waals surface area contributed by atoms with E-state index in [0.717, 1.165) is 16.3 Å². The zero-order chi connectivity index (χ0) is 9.97. The second kappa shape index (κ2) is 4.28. The minimum Gasteiger partial charge on any atom is -0.326 e. The molecule has 0 bridgehead atoms. The van der Waals surface area contributed by atoms with Gasteiger partial charge in [-0.2, -0.15) is 0 Å². The summed E-state index contributed by atoms with van der Waals surface area (Å²) < 4.78 is 0. The van der Waals surface area contributed by atoms with E-state index in [1.54, 1.807) is 0 Å². The summed E-state index contributed by atoms with van der Waals surface area (Å²) in [6.45, 7) is 0.512. The Morgan fingerprint density at radius 1 is 1.43 bits per heavy atom. The smallest absolute Gasteiger partial charge is 0.0627 e. The van der Waals surface area contributed by atoms with Crippen LogP contribution in [0.15, 0.2) is 12.3 Å². The Kier molecular flexibility index (Phi) is 3.04. The third kappa shape index (κ3) is 1.91. The predicted octanol–water partition coefficient (Wildman–Crippen LogP) is 2.85. The fourth-order valence-electron chi connectivity index (χ4n) is 2.10. The average Bonchev–Trinajstić information content (AvgIpc) is 2.70. The van der Waals surface area contributed by atoms with Crippen molar-refractivity contribution < 1.29 is 0 Å². The molecule has 76 valence electrons. The zero-order valence-electron chi connectivity index (χ0n) is 8.17. The van der Waals surface area contributed by atoms with E-state index in [1.807, 2.05) is 12.3 Å². The standard InChI is InChI=1S/C11H15ClN2/c12-10-5-8(6-13)7-14-11(10)9-3-1-2-4-9/h5,7,9H,1-4,6,13H2. The summed E-state index contributed by atoms with van der Waals surface area (Å²) >= 11 is 6.17. The summed E-state index contributed by atoms with van der Waals surface area (Å²) in [6, 6.07) is 1.95. The van der Waals surface area contributed by atoms with Crippen LogP contribution in [0.2, 0.25) is 5.02 Å². The lowest BCUT2D eigenvalue weighted by atomic mass is 10.0. The van der Waals surface area contributed by atoms with Gasteiger partial charge in [-0.1, -0.05) is 24.4 Å². The largest absolute Gasteiger partial charge is 0.326 e. The van der Waals surface area contributed by atoms with Gasteiger partial charge < -0.3 is 5.73 Å². The van der Waals surface area contributed by atoms with Crippen molar-refractivity contribution in [2.24, 2.45) is 5.73 Å². The Bertz CT molecular complexity index is 319. The van der Waals surface area contributed by atoms with Crippen LogP contribution in [0.5, 0.6) is 0 Å². The maximum atomic E-state index is 6.17. The molecular weight excluding hydrogens is 196 g/mol. The molecule has 0 amide bonds. The van der Waals surface area contributed by atoms with Crippen molar-refractivity contribution in [1.82, 2.24) is 4.98 Å². The molecule has 0 aliphatic heterocycles. The Morgan fingerprint density at radius 3 is 2.71 bits per heavy atom. The molecule has 1 aromatic heterocycles. The van der Waals surface area contributed by atoms with Crippen molar-refractivity contribution in [3.63, 3.8) is 0 Å². The number of halogens is 1. The number of hydrogen-bond donors (Lipinski definition) is 1. The van der Waals surface area contributed by atoms with E-state index >= 15 is 0 Å². The molecule has 0 unspecified atom stereocenters. The number of pyridine rings is 1. The first-order valence-electron chi connectivity index (χ1n) is 5.15. The average molecular weight is 211 g/mol. The van der Waals surface area contributed by atoms with Gasteiger partial charge in [-0.15, -0.1) is 0 Å². The minimum atomic E-state index is 0.512. The summed E-state index contributed by atoms with van der Waals surface area (Å²) in [4.78, 5) is 4.42. The van der Waals surface area contributed by atoms with E-state index in [2.05, 4.69) is 4.98 Å². The molecule has 2 N–H and O–H groups in total. The SMILES string of the molecule is NCc1cnc(C2CCCC2)c(Cl)c1. The summed E-state index contributed by atoms with van der Waals surface area (Å²) in [5.74, 6) is 0.578. The molecule has 0 aromatic carbocycles. The fraction of sp³-hybridized carbons (Fsp3) is 0.545. The lowest BCUT2D eigenvalue weighted by molar-refractivity contribution is 0.696. The van der Waals surface area contributed by atoms with E-state index in [-0.39, 0.29) is 0 Å². The van der Waals surface area contributed by atoms with Crippen molar-refractivity contribution in [2.75, 3.05) is 0 Å². The van der Waals surface area contributed by atoms with E-state index in [9.17, 15) is 0 Å². The van der Waals surface area contributed by atoms with Crippen molar-refractivity contribution in [1.29, 1.82) is 0 Å². The minimum absolute atomic E-state index is 0.512. The molecule has 0 saturated heterocycles. The molecule has 0 radical (unpaired) electrons. The van der Waals surface area contributed by atoms with Gasteiger partial charge in [0, 0.05) is 18.7 Å². The van der Waals surface area contributed by atoms with E-state index < -0.39 is 0 Å². The first-order chi connectivity index (χ1) is 6.81. The number of nitrogens with two attached hydrogens (primary N) is 1. The zero-order valence-corrected chi connectivity index (χ0v) is 8.93. The summed E-state index contributed by atoms with van der Waals surface area (Å²) in [7, 11) is 0. The third-order valence-electron chi connectivity index (χ3n) is 2.90. The molecule has 1 aliphatic carbocycles. The number of aromatic nitrogens is 1. The molecule has 1 fully saturated rings. The Labute approximate surface area is 89.5 Å². The van der Waals surface area contributed by atoms with E-state index in [1.165, 1.54) is 25.7 Å². The van der Waals surface area contributed by atoms with Crippen LogP contribution in [0.3, 0.4) is 0 Å². The Morgan fingerprint density at radius 2 is 2.14 bits per heavy atom. The van der Waals surface area contributed by atoms with Gasteiger partial charge in [0.05, 0.1) is 10.7 Å². The normalized spacial score (nSPS) is 17.6. The summed E-state index contributed by atoms with van der Waals surface area (Å²) in [6.07, 6.45) is 6.92. The van der Waals surface area contributed by atoms with Gasteiger partial charge >= 0.3 is 0 Å². The summed E-state index contributed by atoms with van der Waals surface area (Å²) in [5.41, 5.74) is 7.61. The molecule has 2 nitrogen and oxygen atoms in total. The predicted molar refractivity (Wildman–Crippen MR) is 58.3 cm³/mol. The molecular formula is C11H15ClN2. The highest BCUT2D eigenvalue weighted by atomic mass is 35.5. The maximum absolute atomic E-state index is 6.17. The van der Waals surface area contributed by atoms with Crippen LogP contribution in [0.4, 0.5) is 0 Å². The first-order valence-corrected chi connectivity index (χ1v) is 5.53. The highest BCUT2D eigenvalue weighted by molar-refractivity contribution is 6.31. The molecule has 2 rings (SSSR count). The van der Waals surface area contributed by atoms with Crippen LogP contribution in [0.1, 0.15) is 42.9 Å². The summed E-state index contributed by atoms with van der Waals surface area (Å²) in [5, 5.41) is 0.792. The van der Waals surface area contributed by atoms with Gasteiger partial charge in [0.2, 0.25) is 0 Å². The lowest BCUT2D eigenvalue weighted by Crippen LogP contribution is -2.02. The van der Waals surface area contributed by atoms with Crippen molar-refractivity contribution in [3.8, 4) is 0 Å². The monoisotopic (exact) mass is 210 g/mol. The van der Waals surface area contributed by atoms with Crippen LogP contribution in [-0.2, 0) is 6.54 Å². The molecule has 1 aliphatic rings. The van der Waals surface area contributed by atoms with Crippen LogP contribution in [0, 0.1) is 0 Å². The second-order valence-electron chi connectivity index (χ2n) is 3.90. The Hall–Kier alpha value is -0.600. The molecule has 1 saturated carbocycles. The third-order valence-corrected chi connectivity index (χ3v) is 3.21. The van der Waals surface area contributed by atoms with Gasteiger partial charge in [-0.25, -0.2) is 0 Å². The van der Waals surface area contributed by atoms with E-state index in [0.29, 0.717) is 12.5 Å². The van der Waals surface area contributed by atoms with E-state index in [4.69, 9.17) is 17.3 Å². The van der Waals surface area contributed by atoms with Crippen molar-refractivity contribution in [3.05, 3.63) is 28.5 Å². The van der Waals surface area contributed by atoms with Crippen LogP contribution in [-0.4, -0.2) is 4.98 Å². The first kappa shape index (κ1) is 9.94. The quantitative estimate of drug-likeness (QED) is 0.816. The van der Waals surface area contributed by atoms with Crippen molar-refractivity contribution in [2.45, 2.75) is 38.1 Å². The fourth-order valence-corrected chi connectivity index (χ4v) is 2.44. The second-order valence-corrected chi connectivity index (χ2v) is 4.30. The van der Waals surface area contributed by atoms with Gasteiger partial charge in [0.15, 0.2) is 0 Å². The van der Waals surface area contributed by atoms with Gasteiger partial charge in [-0.05, 0) is 24.5 Å². The van der Waals surface area contributed by atoms with Gasteiger partial charge in [0.1, 0.15) is 0 Å². The van der Waals surface area contributed by atoms with Crippen LogP contribution < -0.4 is 5.73 Å². The highest BCUT2D eigenvalue weighted by Gasteiger charge is 2.20.